The molecule has 2 heterocycles. The van der Waals surface area contributed by atoms with E-state index in [-0.39, 0.29) is 17.4 Å². The second kappa shape index (κ2) is 9.04. The van der Waals surface area contributed by atoms with Gasteiger partial charge in [0.15, 0.2) is 0 Å². The van der Waals surface area contributed by atoms with Crippen LogP contribution in [0.3, 0.4) is 0 Å². The van der Waals surface area contributed by atoms with E-state index < -0.39 is 43.3 Å². The Bertz CT molecular complexity index is 1010. The van der Waals surface area contributed by atoms with Gasteiger partial charge in [-0.25, -0.2) is 13.2 Å². The first-order valence-corrected chi connectivity index (χ1v) is 9.51. The van der Waals surface area contributed by atoms with Gasteiger partial charge >= 0.3 is 0 Å². The molecule has 1 fully saturated rings. The molecule has 0 spiro atoms. The fourth-order valence-corrected chi connectivity index (χ4v) is 3.32. The van der Waals surface area contributed by atoms with Crippen LogP contribution in [0.15, 0.2) is 42.7 Å². The maximum absolute atomic E-state index is 13.5. The third-order valence-electron chi connectivity index (χ3n) is 4.95. The first kappa shape index (κ1) is 22.1. The van der Waals surface area contributed by atoms with E-state index in [1.54, 1.807) is 18.2 Å². The van der Waals surface area contributed by atoms with Crippen LogP contribution in [0, 0.1) is 17.1 Å². The van der Waals surface area contributed by atoms with E-state index in [0.717, 1.165) is 10.5 Å². The summed E-state index contributed by atoms with van der Waals surface area (Å²) in [6.45, 7) is 0.445. The van der Waals surface area contributed by atoms with Crippen molar-refractivity contribution in [3.63, 3.8) is 0 Å². The fraction of sp³-hybridized carbons (Fsp3) is 0.333. The number of carbonyl (C=O) groups excluding carboxylic acids is 2. The SMILES string of the molecule is C[C@H](Nc1cnccc1C(=O)NCC(=O)N1CC(F)(F)CC1C#N)c1ccc(F)cc1. The highest BCUT2D eigenvalue weighted by molar-refractivity contribution is 6.01. The van der Waals surface area contributed by atoms with Gasteiger partial charge in [0, 0.05) is 18.7 Å². The number of anilines is 1. The molecule has 1 aromatic heterocycles. The summed E-state index contributed by atoms with van der Waals surface area (Å²) in [4.78, 5) is 29.7. The molecular weight excluding hydrogens is 411 g/mol. The second-order valence-electron chi connectivity index (χ2n) is 7.25. The van der Waals surface area contributed by atoms with E-state index in [0.29, 0.717) is 5.69 Å². The summed E-state index contributed by atoms with van der Waals surface area (Å²) in [6.07, 6.45) is 2.11. The molecule has 0 aliphatic carbocycles. The molecule has 2 aromatic rings. The van der Waals surface area contributed by atoms with Gasteiger partial charge in [-0.05, 0) is 30.7 Å². The van der Waals surface area contributed by atoms with E-state index in [1.165, 1.54) is 30.6 Å². The number of aromatic nitrogens is 1. The van der Waals surface area contributed by atoms with Gasteiger partial charge < -0.3 is 15.5 Å². The predicted octanol–water partition coefficient (Wildman–Crippen LogP) is 2.88. The minimum absolute atomic E-state index is 0.195. The zero-order chi connectivity index (χ0) is 22.6. The minimum Gasteiger partial charge on any atom is -0.377 e. The molecule has 1 saturated heterocycles. The highest BCUT2D eigenvalue weighted by atomic mass is 19.3. The van der Waals surface area contributed by atoms with Crippen molar-refractivity contribution in [2.45, 2.75) is 31.4 Å². The Hall–Kier alpha value is -3.61. The van der Waals surface area contributed by atoms with Crippen molar-refractivity contribution < 1.29 is 22.8 Å². The van der Waals surface area contributed by atoms with Gasteiger partial charge in [0.05, 0.1) is 36.6 Å². The molecule has 162 valence electrons. The van der Waals surface area contributed by atoms with E-state index in [9.17, 15) is 22.8 Å². The lowest BCUT2D eigenvalue weighted by Crippen LogP contribution is -2.43. The Labute approximate surface area is 176 Å². The van der Waals surface area contributed by atoms with Crippen LogP contribution in [0.5, 0.6) is 0 Å². The van der Waals surface area contributed by atoms with Crippen LogP contribution in [0.2, 0.25) is 0 Å². The van der Waals surface area contributed by atoms with Crippen molar-refractivity contribution in [1.82, 2.24) is 15.2 Å². The third-order valence-corrected chi connectivity index (χ3v) is 4.95. The smallest absolute Gasteiger partial charge is 0.268 e. The van der Waals surface area contributed by atoms with Crippen molar-refractivity contribution in [3.05, 3.63) is 59.7 Å². The third kappa shape index (κ3) is 5.31. The molecule has 1 aliphatic rings. The highest BCUT2D eigenvalue weighted by Crippen LogP contribution is 2.31. The summed E-state index contributed by atoms with van der Waals surface area (Å²) in [5.74, 6) is -4.86. The van der Waals surface area contributed by atoms with Crippen LogP contribution >= 0.6 is 0 Å². The molecule has 1 aromatic carbocycles. The zero-order valence-electron chi connectivity index (χ0n) is 16.6. The number of pyridine rings is 1. The summed E-state index contributed by atoms with van der Waals surface area (Å²) >= 11 is 0. The summed E-state index contributed by atoms with van der Waals surface area (Å²) in [7, 11) is 0. The number of likely N-dealkylation sites (tertiary alicyclic amines) is 1. The van der Waals surface area contributed by atoms with Crippen LogP contribution in [0.25, 0.3) is 0 Å². The zero-order valence-corrected chi connectivity index (χ0v) is 16.6. The molecular formula is C21H20F3N5O2. The molecule has 1 unspecified atom stereocenters. The van der Waals surface area contributed by atoms with Gasteiger partial charge in [0.2, 0.25) is 5.91 Å². The van der Waals surface area contributed by atoms with Crippen molar-refractivity contribution in [3.8, 4) is 6.07 Å². The maximum Gasteiger partial charge on any atom is 0.268 e. The van der Waals surface area contributed by atoms with E-state index in [4.69, 9.17) is 5.26 Å². The number of hydrogen-bond acceptors (Lipinski definition) is 5. The standard InChI is InChI=1S/C21H20F3N5O2/c1-13(14-2-4-15(22)5-3-14)28-18-10-26-7-6-17(18)20(31)27-11-19(30)29-12-21(23,24)8-16(29)9-25/h2-7,10,13,16,28H,8,11-12H2,1H3,(H,27,31)/t13-,16?/m0/s1. The first-order chi connectivity index (χ1) is 14.7. The molecule has 0 saturated carbocycles. The maximum atomic E-state index is 13.5. The number of rotatable bonds is 6. The number of amides is 2. The number of alkyl halides is 2. The van der Waals surface area contributed by atoms with Crippen LogP contribution < -0.4 is 10.6 Å². The number of carbonyl (C=O) groups is 2. The summed E-state index contributed by atoms with van der Waals surface area (Å²) in [5.41, 5.74) is 1.36. The van der Waals surface area contributed by atoms with E-state index in [2.05, 4.69) is 15.6 Å². The predicted molar refractivity (Wildman–Crippen MR) is 106 cm³/mol. The van der Waals surface area contributed by atoms with Gasteiger partial charge in [0.25, 0.3) is 11.8 Å². The van der Waals surface area contributed by atoms with Gasteiger partial charge in [0.1, 0.15) is 11.9 Å². The summed E-state index contributed by atoms with van der Waals surface area (Å²) < 4.78 is 40.2. The molecule has 10 heteroatoms. The molecule has 7 nitrogen and oxygen atoms in total. The quantitative estimate of drug-likeness (QED) is 0.733. The Morgan fingerprint density at radius 3 is 2.71 bits per heavy atom. The second-order valence-corrected chi connectivity index (χ2v) is 7.25. The van der Waals surface area contributed by atoms with Crippen LogP contribution in [-0.4, -0.2) is 46.8 Å². The Morgan fingerprint density at radius 2 is 2.03 bits per heavy atom. The lowest BCUT2D eigenvalue weighted by atomic mass is 10.1. The van der Waals surface area contributed by atoms with Crippen LogP contribution in [0.4, 0.5) is 18.9 Å². The average molecular weight is 431 g/mol. The topological polar surface area (TPSA) is 98.1 Å². The molecule has 31 heavy (non-hydrogen) atoms. The average Bonchev–Trinajstić information content (AvgIpc) is 3.07. The number of hydrogen-bond donors (Lipinski definition) is 2. The molecule has 0 radical (unpaired) electrons. The largest absolute Gasteiger partial charge is 0.377 e. The lowest BCUT2D eigenvalue weighted by molar-refractivity contribution is -0.131. The van der Waals surface area contributed by atoms with E-state index in [1.807, 2.05) is 6.92 Å². The lowest BCUT2D eigenvalue weighted by Gasteiger charge is -2.20. The number of halogens is 3. The molecule has 2 amide bonds. The van der Waals surface area contributed by atoms with Gasteiger partial charge in [-0.15, -0.1) is 0 Å². The number of nitrogens with zero attached hydrogens (tertiary/aromatic N) is 3. The van der Waals surface area contributed by atoms with Crippen molar-refractivity contribution in [1.29, 1.82) is 5.26 Å². The Morgan fingerprint density at radius 1 is 1.32 bits per heavy atom. The number of nitrogens with one attached hydrogen (secondary N) is 2. The molecule has 3 rings (SSSR count). The van der Waals surface area contributed by atoms with Gasteiger partial charge in [-0.1, -0.05) is 12.1 Å². The summed E-state index contributed by atoms with van der Waals surface area (Å²) in [5, 5.41) is 14.5. The van der Waals surface area contributed by atoms with Crippen LogP contribution in [-0.2, 0) is 4.79 Å². The van der Waals surface area contributed by atoms with Gasteiger partial charge in [-0.3, -0.25) is 14.6 Å². The van der Waals surface area contributed by atoms with E-state index >= 15 is 0 Å². The van der Waals surface area contributed by atoms with Crippen molar-refractivity contribution >= 4 is 17.5 Å². The van der Waals surface area contributed by atoms with Crippen molar-refractivity contribution in [2.24, 2.45) is 0 Å². The fourth-order valence-electron chi connectivity index (χ4n) is 3.32. The Balaban J connectivity index is 1.65. The normalized spacial score (nSPS) is 18.2. The molecule has 2 N–H and O–H groups in total. The summed E-state index contributed by atoms with van der Waals surface area (Å²) in [6, 6.07) is 7.50. The molecule has 1 aliphatic heterocycles. The first-order valence-electron chi connectivity index (χ1n) is 9.51. The molecule has 0 bridgehead atoms. The van der Waals surface area contributed by atoms with Crippen molar-refractivity contribution in [2.75, 3.05) is 18.4 Å². The Kier molecular flexibility index (Phi) is 6.44. The monoisotopic (exact) mass is 431 g/mol. The minimum atomic E-state index is -3.13. The molecule has 2 atom stereocenters. The van der Waals surface area contributed by atoms with Crippen LogP contribution in [0.1, 0.15) is 35.3 Å². The van der Waals surface area contributed by atoms with Gasteiger partial charge in [-0.2, -0.15) is 5.26 Å². The number of benzene rings is 1. The highest BCUT2D eigenvalue weighted by Gasteiger charge is 2.47. The number of nitriles is 1.